The van der Waals surface area contributed by atoms with E-state index in [9.17, 15) is 0 Å². The largest absolute Gasteiger partial charge is 0.484 e. The maximum absolute atomic E-state index is 6.84. The molecule has 1 aliphatic carbocycles. The number of hydrogen-bond donors (Lipinski definition) is 0. The Balaban J connectivity index is 1.25. The third-order valence-electron chi connectivity index (χ3n) is 11.0. The molecule has 2 unspecified atom stereocenters. The van der Waals surface area contributed by atoms with Gasteiger partial charge in [0, 0.05) is 17.0 Å². The second-order valence-corrected chi connectivity index (χ2v) is 13.5. The molecule has 0 saturated carbocycles. The topological polar surface area (TPSA) is 9.23 Å². The van der Waals surface area contributed by atoms with E-state index < -0.39 is 0 Å². The summed E-state index contributed by atoms with van der Waals surface area (Å²) in [5.74, 6) is 1.15. The van der Waals surface area contributed by atoms with Crippen molar-refractivity contribution in [1.82, 2.24) is 0 Å². The number of benzene rings is 9. The highest BCUT2D eigenvalue weighted by atomic mass is 16.5. The first-order valence-corrected chi connectivity index (χ1v) is 17.2. The van der Waals surface area contributed by atoms with Gasteiger partial charge in [-0.05, 0) is 87.8 Å². The predicted molar refractivity (Wildman–Crippen MR) is 207 cm³/mol. The Labute approximate surface area is 284 Å². The van der Waals surface area contributed by atoms with Crippen molar-refractivity contribution in [3.8, 4) is 39.1 Å². The molecule has 11 rings (SSSR count). The van der Waals surface area contributed by atoms with Gasteiger partial charge in [-0.2, -0.15) is 0 Å². The molecule has 0 aromatic heterocycles. The van der Waals surface area contributed by atoms with Crippen LogP contribution >= 0.6 is 0 Å². The average Bonchev–Trinajstić information content (AvgIpc) is 3.56. The van der Waals surface area contributed by atoms with E-state index in [1.807, 2.05) is 0 Å². The zero-order valence-corrected chi connectivity index (χ0v) is 26.7. The third-order valence-corrected chi connectivity index (χ3v) is 11.0. The smallest absolute Gasteiger partial charge is 0.132 e. The molecule has 2 aliphatic rings. The summed E-state index contributed by atoms with van der Waals surface area (Å²) in [7, 11) is 0. The minimum atomic E-state index is -0.0161. The molecule has 0 radical (unpaired) electrons. The molecule has 9 aromatic rings. The van der Waals surface area contributed by atoms with Crippen LogP contribution < -0.4 is 4.74 Å². The molecule has 0 bridgehead atoms. The molecule has 228 valence electrons. The third kappa shape index (κ3) is 3.76. The Morgan fingerprint density at radius 3 is 1.65 bits per heavy atom. The second-order valence-electron chi connectivity index (χ2n) is 13.5. The number of hydrogen-bond acceptors (Lipinski definition) is 1. The molecule has 1 heterocycles. The predicted octanol–water partition coefficient (Wildman–Crippen LogP) is 12.9. The Kier molecular flexibility index (Phi) is 5.57. The Morgan fingerprint density at radius 2 is 0.939 bits per heavy atom. The van der Waals surface area contributed by atoms with Crippen LogP contribution in [0.4, 0.5) is 0 Å². The summed E-state index contributed by atoms with van der Waals surface area (Å²) in [6.45, 7) is 0. The van der Waals surface area contributed by atoms with Crippen molar-refractivity contribution >= 4 is 53.9 Å². The first kappa shape index (κ1) is 26.8. The van der Waals surface area contributed by atoms with Gasteiger partial charge in [0.1, 0.15) is 11.9 Å². The zero-order valence-electron chi connectivity index (χ0n) is 26.7. The fourth-order valence-corrected chi connectivity index (χ4v) is 8.88. The van der Waals surface area contributed by atoms with Crippen molar-refractivity contribution in [3.05, 3.63) is 175 Å². The van der Waals surface area contributed by atoms with Crippen LogP contribution in [0.2, 0.25) is 0 Å². The van der Waals surface area contributed by atoms with Crippen LogP contribution in [-0.2, 0) is 0 Å². The molecule has 2 atom stereocenters. The van der Waals surface area contributed by atoms with Crippen molar-refractivity contribution < 1.29 is 4.74 Å². The summed E-state index contributed by atoms with van der Waals surface area (Å²) < 4.78 is 6.84. The molecular weight excluding hydrogens is 593 g/mol. The Hall–Kier alpha value is -6.18. The molecule has 0 amide bonds. The minimum Gasteiger partial charge on any atom is -0.484 e. The van der Waals surface area contributed by atoms with Crippen molar-refractivity contribution in [2.75, 3.05) is 0 Å². The van der Waals surface area contributed by atoms with E-state index in [2.05, 4.69) is 170 Å². The van der Waals surface area contributed by atoms with E-state index in [1.165, 1.54) is 87.2 Å². The molecule has 0 fully saturated rings. The van der Waals surface area contributed by atoms with E-state index in [0.29, 0.717) is 0 Å². The molecule has 1 aliphatic heterocycles. The average molecular weight is 623 g/mol. The Bertz CT molecular complexity index is 2780. The van der Waals surface area contributed by atoms with Crippen LogP contribution in [0.15, 0.2) is 170 Å². The summed E-state index contributed by atoms with van der Waals surface area (Å²) in [6, 6.07) is 53.8. The Morgan fingerprint density at radius 1 is 0.388 bits per heavy atom. The monoisotopic (exact) mass is 622 g/mol. The standard InChI is InChI=1S/C48H30O/c1-2-11-29(12-3-1)33-27-28-41(47-40-19-8-9-20-42(40)49-48(33)47)46-36-17-6-4-15-34(36)45(35-16-5-7-18-37(35)46)39-26-24-32-22-21-30-13-10-14-31-23-25-38(39)44(32)43(30)31/h1-28,40,42H. The van der Waals surface area contributed by atoms with Gasteiger partial charge in [0.05, 0.1) is 0 Å². The molecular formula is C48H30O. The fourth-order valence-electron chi connectivity index (χ4n) is 8.88. The fraction of sp³-hybridized carbons (Fsp3) is 0.0417. The maximum atomic E-state index is 6.84. The van der Waals surface area contributed by atoms with Gasteiger partial charge in [-0.25, -0.2) is 0 Å². The first-order chi connectivity index (χ1) is 24.3. The normalized spacial score (nSPS) is 16.6. The summed E-state index contributed by atoms with van der Waals surface area (Å²) >= 11 is 0. The highest BCUT2D eigenvalue weighted by Gasteiger charge is 2.37. The number of fused-ring (bicyclic) bond motifs is 5. The van der Waals surface area contributed by atoms with Gasteiger partial charge in [-0.15, -0.1) is 0 Å². The van der Waals surface area contributed by atoms with E-state index >= 15 is 0 Å². The van der Waals surface area contributed by atoms with Crippen LogP contribution in [0.3, 0.4) is 0 Å². The number of allylic oxidation sites excluding steroid dienone is 2. The zero-order chi connectivity index (χ0) is 32.1. The van der Waals surface area contributed by atoms with Gasteiger partial charge in [0.15, 0.2) is 0 Å². The summed E-state index contributed by atoms with van der Waals surface area (Å²) in [6.07, 6.45) is 8.80. The number of ether oxygens (including phenoxy) is 1. The van der Waals surface area contributed by atoms with Gasteiger partial charge in [-0.1, -0.05) is 164 Å². The van der Waals surface area contributed by atoms with Gasteiger partial charge in [0.25, 0.3) is 0 Å². The molecule has 1 nitrogen and oxygen atoms in total. The van der Waals surface area contributed by atoms with Gasteiger partial charge in [0.2, 0.25) is 0 Å². The maximum Gasteiger partial charge on any atom is 0.132 e. The van der Waals surface area contributed by atoms with E-state index in [0.717, 1.165) is 11.3 Å². The minimum absolute atomic E-state index is 0.0161. The van der Waals surface area contributed by atoms with Gasteiger partial charge >= 0.3 is 0 Å². The summed E-state index contributed by atoms with van der Waals surface area (Å²) in [4.78, 5) is 0. The van der Waals surface area contributed by atoms with Gasteiger partial charge < -0.3 is 4.74 Å². The lowest BCUT2D eigenvalue weighted by Crippen LogP contribution is -2.15. The molecule has 0 saturated heterocycles. The van der Waals surface area contributed by atoms with Crippen molar-refractivity contribution in [2.24, 2.45) is 0 Å². The summed E-state index contributed by atoms with van der Waals surface area (Å²) in [5, 5.41) is 12.9. The van der Waals surface area contributed by atoms with Gasteiger partial charge in [-0.3, -0.25) is 0 Å². The van der Waals surface area contributed by atoms with Crippen molar-refractivity contribution in [2.45, 2.75) is 12.0 Å². The molecule has 49 heavy (non-hydrogen) atoms. The molecule has 9 aromatic carbocycles. The van der Waals surface area contributed by atoms with Crippen molar-refractivity contribution in [1.29, 1.82) is 0 Å². The quantitative estimate of drug-likeness (QED) is 0.141. The highest BCUT2D eigenvalue weighted by molar-refractivity contribution is 6.29. The molecule has 1 heteroatoms. The molecule has 0 spiro atoms. The SMILES string of the molecule is C1=CC2Oc3c(-c4ccccc4)ccc(-c4c5ccccc5c(-c5ccc6ccc7cccc8ccc5c6c78)c5ccccc45)c3C2C=C1. The van der Waals surface area contributed by atoms with E-state index in [4.69, 9.17) is 4.74 Å². The molecule has 0 N–H and O–H groups in total. The van der Waals surface area contributed by atoms with Crippen LogP contribution in [0.25, 0.3) is 87.2 Å². The lowest BCUT2D eigenvalue weighted by Gasteiger charge is -2.22. The number of rotatable bonds is 3. The van der Waals surface area contributed by atoms with Crippen LogP contribution in [-0.4, -0.2) is 6.10 Å². The van der Waals surface area contributed by atoms with E-state index in [-0.39, 0.29) is 12.0 Å². The summed E-state index contributed by atoms with van der Waals surface area (Å²) in [5.41, 5.74) is 8.69. The van der Waals surface area contributed by atoms with E-state index in [1.54, 1.807) is 0 Å². The highest BCUT2D eigenvalue weighted by Crippen LogP contribution is 2.54. The van der Waals surface area contributed by atoms with Crippen LogP contribution in [0, 0.1) is 0 Å². The van der Waals surface area contributed by atoms with Crippen LogP contribution in [0.5, 0.6) is 5.75 Å². The lowest BCUT2D eigenvalue weighted by atomic mass is 9.80. The first-order valence-electron chi connectivity index (χ1n) is 17.2. The van der Waals surface area contributed by atoms with Crippen molar-refractivity contribution in [3.63, 3.8) is 0 Å². The lowest BCUT2D eigenvalue weighted by molar-refractivity contribution is 0.270. The van der Waals surface area contributed by atoms with Crippen LogP contribution in [0.1, 0.15) is 11.5 Å². The second kappa shape index (κ2) is 10.2.